The molecule has 1 saturated heterocycles. The molecular weight excluding hydrogens is 288 g/mol. The van der Waals surface area contributed by atoms with Gasteiger partial charge < -0.3 is 10.2 Å². The Morgan fingerprint density at radius 3 is 2.87 bits per heavy atom. The highest BCUT2D eigenvalue weighted by atomic mass is 16.2. The monoisotopic (exact) mass is 308 g/mol. The van der Waals surface area contributed by atoms with E-state index in [1.807, 2.05) is 25.2 Å². The normalized spacial score (nSPS) is 23.9. The number of anilines is 2. The number of hydrogen-bond donors (Lipinski definition) is 1. The van der Waals surface area contributed by atoms with E-state index >= 15 is 0 Å². The van der Waals surface area contributed by atoms with Crippen LogP contribution in [0.4, 0.5) is 11.5 Å². The third-order valence-corrected chi connectivity index (χ3v) is 4.82. The summed E-state index contributed by atoms with van der Waals surface area (Å²) < 4.78 is 0. The van der Waals surface area contributed by atoms with Gasteiger partial charge in [0.05, 0.1) is 5.69 Å². The Labute approximate surface area is 135 Å². The van der Waals surface area contributed by atoms with E-state index in [-0.39, 0.29) is 5.91 Å². The summed E-state index contributed by atoms with van der Waals surface area (Å²) in [6.45, 7) is 2.49. The lowest BCUT2D eigenvalue weighted by molar-refractivity contribution is -0.122. The molecule has 2 aliphatic heterocycles. The fraction of sp³-hybridized carbons (Fsp3) is 0.333. The summed E-state index contributed by atoms with van der Waals surface area (Å²) in [5.41, 5.74) is 1.58. The van der Waals surface area contributed by atoms with Crippen molar-refractivity contribution in [3.63, 3.8) is 0 Å². The maximum Gasteiger partial charge on any atom is 0.253 e. The highest BCUT2D eigenvalue weighted by molar-refractivity contribution is 6.07. The summed E-state index contributed by atoms with van der Waals surface area (Å²) >= 11 is 0. The number of carbonyl (C=O) groups is 1. The van der Waals surface area contributed by atoms with Crippen LogP contribution in [0.1, 0.15) is 12.0 Å². The van der Waals surface area contributed by atoms with Gasteiger partial charge in [0, 0.05) is 32.9 Å². The second-order valence-corrected chi connectivity index (χ2v) is 6.39. The molecule has 23 heavy (non-hydrogen) atoms. The van der Waals surface area contributed by atoms with Gasteiger partial charge in [0.1, 0.15) is 5.54 Å². The first-order valence-corrected chi connectivity index (χ1v) is 7.96. The molecule has 1 atom stereocenters. The molecule has 4 rings (SSSR count). The van der Waals surface area contributed by atoms with Gasteiger partial charge in [-0.25, -0.2) is 4.98 Å². The first-order valence-electron chi connectivity index (χ1n) is 7.96. The van der Waals surface area contributed by atoms with Crippen molar-refractivity contribution in [2.45, 2.75) is 18.5 Å². The van der Waals surface area contributed by atoms with Crippen LogP contribution >= 0.6 is 0 Å². The minimum absolute atomic E-state index is 0.133. The van der Waals surface area contributed by atoms with Crippen LogP contribution in [0.15, 0.2) is 48.7 Å². The summed E-state index contributed by atoms with van der Waals surface area (Å²) in [5, 5.41) is 3.42. The molecule has 0 aliphatic carbocycles. The van der Waals surface area contributed by atoms with Crippen LogP contribution in [0.2, 0.25) is 0 Å². The van der Waals surface area contributed by atoms with Gasteiger partial charge in [-0.1, -0.05) is 30.3 Å². The van der Waals surface area contributed by atoms with Crippen LogP contribution in [0.5, 0.6) is 0 Å². The quantitative estimate of drug-likeness (QED) is 0.923. The predicted molar refractivity (Wildman–Crippen MR) is 90.3 cm³/mol. The Kier molecular flexibility index (Phi) is 3.31. The smallest absolute Gasteiger partial charge is 0.253 e. The Morgan fingerprint density at radius 2 is 2.04 bits per heavy atom. The number of nitrogens with zero attached hydrogens (tertiary/aromatic N) is 3. The lowest BCUT2D eigenvalue weighted by atomic mass is 9.94. The summed E-state index contributed by atoms with van der Waals surface area (Å²) in [6, 6.07) is 14.2. The van der Waals surface area contributed by atoms with Crippen molar-refractivity contribution >= 4 is 17.4 Å². The molecule has 0 radical (unpaired) electrons. The summed E-state index contributed by atoms with van der Waals surface area (Å²) in [7, 11) is 1.84. The van der Waals surface area contributed by atoms with Crippen LogP contribution in [0.3, 0.4) is 0 Å². The van der Waals surface area contributed by atoms with Crippen molar-refractivity contribution in [1.29, 1.82) is 0 Å². The fourth-order valence-corrected chi connectivity index (χ4v) is 3.62. The number of amides is 1. The molecule has 1 aromatic heterocycles. The van der Waals surface area contributed by atoms with Crippen molar-refractivity contribution in [2.24, 2.45) is 0 Å². The van der Waals surface area contributed by atoms with Gasteiger partial charge in [0.2, 0.25) is 0 Å². The molecule has 2 aliphatic rings. The number of likely N-dealkylation sites (N-methyl/N-ethyl adjacent to an activating group) is 1. The SMILES string of the molecule is CN1C(=O)C2(CCN(Cc3ccccc3)C2)Nc2ncccc21. The molecule has 1 N–H and O–H groups in total. The Hall–Kier alpha value is -2.40. The van der Waals surface area contributed by atoms with Gasteiger partial charge in [0.25, 0.3) is 5.91 Å². The summed E-state index contributed by atoms with van der Waals surface area (Å²) in [4.78, 5) is 21.4. The van der Waals surface area contributed by atoms with Crippen LogP contribution in [0, 0.1) is 0 Å². The summed E-state index contributed by atoms with van der Waals surface area (Å²) in [5.74, 6) is 0.935. The van der Waals surface area contributed by atoms with Gasteiger partial charge in [-0.2, -0.15) is 0 Å². The maximum atomic E-state index is 12.9. The molecule has 1 spiro atoms. The zero-order chi connectivity index (χ0) is 15.9. The van der Waals surface area contributed by atoms with Crippen LogP contribution < -0.4 is 10.2 Å². The zero-order valence-corrected chi connectivity index (χ0v) is 13.2. The van der Waals surface area contributed by atoms with Crippen molar-refractivity contribution < 1.29 is 4.79 Å². The molecule has 118 valence electrons. The predicted octanol–water partition coefficient (Wildman–Crippen LogP) is 2.11. The van der Waals surface area contributed by atoms with Gasteiger partial charge in [-0.05, 0) is 24.1 Å². The van der Waals surface area contributed by atoms with Crippen LogP contribution in [-0.4, -0.2) is 41.5 Å². The molecule has 5 nitrogen and oxygen atoms in total. The van der Waals surface area contributed by atoms with Gasteiger partial charge in [0.15, 0.2) is 5.82 Å². The van der Waals surface area contributed by atoms with Crippen molar-refractivity contribution in [1.82, 2.24) is 9.88 Å². The van der Waals surface area contributed by atoms with Crippen molar-refractivity contribution in [2.75, 3.05) is 30.4 Å². The highest BCUT2D eigenvalue weighted by Crippen LogP contribution is 2.37. The number of likely N-dealkylation sites (tertiary alicyclic amines) is 1. The fourth-order valence-electron chi connectivity index (χ4n) is 3.62. The van der Waals surface area contributed by atoms with E-state index < -0.39 is 5.54 Å². The Bertz CT molecular complexity index is 733. The van der Waals surface area contributed by atoms with Crippen molar-refractivity contribution in [3.8, 4) is 0 Å². The van der Waals surface area contributed by atoms with E-state index in [9.17, 15) is 4.79 Å². The standard InChI is InChI=1S/C18H20N4O/c1-21-15-8-5-10-19-16(15)20-18(17(21)23)9-11-22(13-18)12-14-6-3-2-4-7-14/h2-8,10H,9,11-13H2,1H3,(H,19,20). The molecule has 2 aromatic rings. The molecule has 0 saturated carbocycles. The molecule has 1 fully saturated rings. The molecule has 3 heterocycles. The lowest BCUT2D eigenvalue weighted by Crippen LogP contribution is -2.58. The average molecular weight is 308 g/mol. The van der Waals surface area contributed by atoms with Gasteiger partial charge >= 0.3 is 0 Å². The Balaban J connectivity index is 1.57. The van der Waals surface area contributed by atoms with E-state index in [0.717, 1.165) is 31.0 Å². The minimum Gasteiger partial charge on any atom is -0.353 e. The molecule has 1 aromatic carbocycles. The topological polar surface area (TPSA) is 48.5 Å². The highest BCUT2D eigenvalue weighted by Gasteiger charge is 2.49. The lowest BCUT2D eigenvalue weighted by Gasteiger charge is -2.39. The van der Waals surface area contributed by atoms with Gasteiger partial charge in [-0.15, -0.1) is 0 Å². The second-order valence-electron chi connectivity index (χ2n) is 6.39. The number of rotatable bonds is 2. The number of carbonyl (C=O) groups excluding carboxylic acids is 1. The minimum atomic E-state index is -0.551. The third kappa shape index (κ3) is 2.37. The van der Waals surface area contributed by atoms with E-state index in [2.05, 4.69) is 39.5 Å². The molecule has 1 amide bonds. The molecule has 0 bridgehead atoms. The molecule has 1 unspecified atom stereocenters. The number of fused-ring (bicyclic) bond motifs is 1. The van der Waals surface area contributed by atoms with E-state index in [1.54, 1.807) is 11.1 Å². The second kappa shape index (κ2) is 5.35. The molecular formula is C18H20N4O. The van der Waals surface area contributed by atoms with Crippen molar-refractivity contribution in [3.05, 3.63) is 54.2 Å². The maximum absolute atomic E-state index is 12.9. The number of hydrogen-bond acceptors (Lipinski definition) is 4. The van der Waals surface area contributed by atoms with E-state index in [1.165, 1.54) is 5.56 Å². The first kappa shape index (κ1) is 14.2. The van der Waals surface area contributed by atoms with Crippen LogP contribution in [-0.2, 0) is 11.3 Å². The van der Waals surface area contributed by atoms with Gasteiger partial charge in [-0.3, -0.25) is 9.69 Å². The zero-order valence-electron chi connectivity index (χ0n) is 13.2. The molecule has 5 heteroatoms. The summed E-state index contributed by atoms with van der Waals surface area (Å²) in [6.07, 6.45) is 2.57. The largest absolute Gasteiger partial charge is 0.353 e. The number of benzene rings is 1. The third-order valence-electron chi connectivity index (χ3n) is 4.82. The first-order chi connectivity index (χ1) is 11.2. The van der Waals surface area contributed by atoms with E-state index in [4.69, 9.17) is 0 Å². The average Bonchev–Trinajstić information content (AvgIpc) is 2.97. The Morgan fingerprint density at radius 1 is 1.22 bits per heavy atom. The number of pyridine rings is 1. The van der Waals surface area contributed by atoms with E-state index in [0.29, 0.717) is 6.54 Å². The van der Waals surface area contributed by atoms with Crippen LogP contribution in [0.25, 0.3) is 0 Å². The number of nitrogens with one attached hydrogen (secondary N) is 1. The number of aromatic nitrogens is 1.